The van der Waals surface area contributed by atoms with Crippen molar-refractivity contribution in [3.05, 3.63) is 71.8 Å². The lowest BCUT2D eigenvalue weighted by Gasteiger charge is -2.40. The smallest absolute Gasteiger partial charge is 0.170 e. The van der Waals surface area contributed by atoms with Crippen molar-refractivity contribution in [3.8, 4) is 12.1 Å². The molecule has 1 atom stereocenters. The Morgan fingerprint density at radius 2 is 1.42 bits per heavy atom. The zero-order chi connectivity index (χ0) is 19.2. The molecule has 0 aliphatic carbocycles. The molecule has 0 bridgehead atoms. The zero-order valence-corrected chi connectivity index (χ0v) is 15.8. The van der Waals surface area contributed by atoms with E-state index in [1.54, 1.807) is 18.9 Å². The van der Waals surface area contributed by atoms with E-state index in [2.05, 4.69) is 12.1 Å². The Labute approximate surface area is 156 Å². The van der Waals surface area contributed by atoms with Crippen molar-refractivity contribution in [2.24, 2.45) is 5.41 Å². The van der Waals surface area contributed by atoms with Gasteiger partial charge in [0, 0.05) is 6.54 Å². The summed E-state index contributed by atoms with van der Waals surface area (Å²) in [6.07, 6.45) is 0. The third-order valence-corrected chi connectivity index (χ3v) is 4.17. The second kappa shape index (κ2) is 8.15. The molecule has 0 saturated carbocycles. The van der Waals surface area contributed by atoms with Gasteiger partial charge >= 0.3 is 0 Å². The van der Waals surface area contributed by atoms with Crippen LogP contribution < -0.4 is 0 Å². The van der Waals surface area contributed by atoms with Crippen molar-refractivity contribution < 1.29 is 4.84 Å². The molecule has 1 unspecified atom stereocenters. The van der Waals surface area contributed by atoms with E-state index >= 15 is 0 Å². The first kappa shape index (κ1) is 19.7. The molecule has 2 rings (SSSR count). The van der Waals surface area contributed by atoms with Gasteiger partial charge in [-0.15, -0.1) is 0 Å². The fourth-order valence-electron chi connectivity index (χ4n) is 2.89. The highest BCUT2D eigenvalue weighted by Crippen LogP contribution is 2.40. The predicted molar refractivity (Wildman–Crippen MR) is 101 cm³/mol. The van der Waals surface area contributed by atoms with Gasteiger partial charge in [0.1, 0.15) is 0 Å². The molecule has 0 aliphatic rings. The second-order valence-corrected chi connectivity index (χ2v) is 7.42. The van der Waals surface area contributed by atoms with Crippen LogP contribution in [0.2, 0.25) is 0 Å². The first-order valence-corrected chi connectivity index (χ1v) is 8.66. The molecule has 2 aromatic rings. The lowest BCUT2D eigenvalue weighted by atomic mass is 9.81. The van der Waals surface area contributed by atoms with Gasteiger partial charge in [-0.3, -0.25) is 4.84 Å². The number of benzene rings is 2. The van der Waals surface area contributed by atoms with Crippen molar-refractivity contribution in [1.82, 2.24) is 5.06 Å². The first-order valence-electron chi connectivity index (χ1n) is 8.66. The minimum Gasteiger partial charge on any atom is -0.277 e. The normalized spacial score (nSPS) is 13.0. The van der Waals surface area contributed by atoms with E-state index in [-0.39, 0.29) is 6.04 Å². The van der Waals surface area contributed by atoms with Crippen LogP contribution in [0.5, 0.6) is 0 Å². The van der Waals surface area contributed by atoms with Gasteiger partial charge in [0.2, 0.25) is 0 Å². The molecule has 0 aliphatic heterocycles. The van der Waals surface area contributed by atoms with Gasteiger partial charge < -0.3 is 0 Å². The largest absolute Gasteiger partial charge is 0.277 e. The summed E-state index contributed by atoms with van der Waals surface area (Å²) in [4.78, 5) is 6.12. The van der Waals surface area contributed by atoms with Gasteiger partial charge in [0.15, 0.2) is 5.60 Å². The zero-order valence-electron chi connectivity index (χ0n) is 15.8. The fourth-order valence-corrected chi connectivity index (χ4v) is 2.89. The Kier molecular flexibility index (Phi) is 6.16. The molecule has 4 nitrogen and oxygen atoms in total. The summed E-state index contributed by atoms with van der Waals surface area (Å²) in [5, 5.41) is 21.0. The maximum atomic E-state index is 9.80. The standard InChI is InChI=1S/C22H25N3O/c1-21(2,16-23)20(19-13-9-6-10-14-19)25(26-22(3,4)17-24)15-18-11-7-5-8-12-18/h5-14,20H,15H2,1-4H3. The predicted octanol–water partition coefficient (Wildman–Crippen LogP) is 5.01. The molecular formula is C22H25N3O. The molecule has 0 heterocycles. The quantitative estimate of drug-likeness (QED) is 0.660. The van der Waals surface area contributed by atoms with Crippen LogP contribution >= 0.6 is 0 Å². The van der Waals surface area contributed by atoms with Gasteiger partial charge in [-0.25, -0.2) is 0 Å². The monoisotopic (exact) mass is 347 g/mol. The lowest BCUT2D eigenvalue weighted by molar-refractivity contribution is -0.258. The molecule has 2 aromatic carbocycles. The number of hydrogen-bond donors (Lipinski definition) is 0. The van der Waals surface area contributed by atoms with Crippen molar-refractivity contribution >= 4 is 0 Å². The molecular weight excluding hydrogens is 322 g/mol. The van der Waals surface area contributed by atoms with Crippen molar-refractivity contribution in [1.29, 1.82) is 10.5 Å². The summed E-state index contributed by atoms with van der Waals surface area (Å²) < 4.78 is 0. The lowest BCUT2D eigenvalue weighted by Crippen LogP contribution is -2.42. The summed E-state index contributed by atoms with van der Waals surface area (Å²) in [7, 11) is 0. The van der Waals surface area contributed by atoms with Crippen LogP contribution in [-0.4, -0.2) is 10.7 Å². The van der Waals surface area contributed by atoms with Crippen LogP contribution in [-0.2, 0) is 11.4 Å². The maximum absolute atomic E-state index is 9.80. The van der Waals surface area contributed by atoms with Gasteiger partial charge in [-0.05, 0) is 38.8 Å². The second-order valence-electron chi connectivity index (χ2n) is 7.42. The maximum Gasteiger partial charge on any atom is 0.170 e. The molecule has 0 spiro atoms. The molecule has 0 saturated heterocycles. The minimum absolute atomic E-state index is 0.332. The topological polar surface area (TPSA) is 60.0 Å². The van der Waals surface area contributed by atoms with Crippen molar-refractivity contribution in [3.63, 3.8) is 0 Å². The number of hydroxylamine groups is 2. The highest BCUT2D eigenvalue weighted by molar-refractivity contribution is 5.24. The van der Waals surface area contributed by atoms with Crippen LogP contribution in [0.1, 0.15) is 44.9 Å². The van der Waals surface area contributed by atoms with E-state index in [0.29, 0.717) is 6.54 Å². The summed E-state index contributed by atoms with van der Waals surface area (Å²) in [6, 6.07) is 24.0. The molecule has 4 heteroatoms. The third kappa shape index (κ3) is 4.92. The summed E-state index contributed by atoms with van der Waals surface area (Å²) in [5.41, 5.74) is 0.300. The first-order chi connectivity index (χ1) is 12.3. The summed E-state index contributed by atoms with van der Waals surface area (Å²) in [5.74, 6) is 0. The van der Waals surface area contributed by atoms with Crippen molar-refractivity contribution in [2.75, 3.05) is 0 Å². The van der Waals surface area contributed by atoms with E-state index in [4.69, 9.17) is 4.84 Å². The van der Waals surface area contributed by atoms with Gasteiger partial charge in [-0.2, -0.15) is 15.6 Å². The van der Waals surface area contributed by atoms with E-state index in [1.165, 1.54) is 0 Å². The fraction of sp³-hybridized carbons (Fsp3) is 0.364. The minimum atomic E-state index is -1.01. The summed E-state index contributed by atoms with van der Waals surface area (Å²) >= 11 is 0. The molecule has 26 heavy (non-hydrogen) atoms. The van der Waals surface area contributed by atoms with E-state index in [1.807, 2.05) is 74.5 Å². The average Bonchev–Trinajstić information content (AvgIpc) is 2.63. The Morgan fingerprint density at radius 1 is 0.885 bits per heavy atom. The van der Waals surface area contributed by atoms with E-state index in [9.17, 15) is 10.5 Å². The Morgan fingerprint density at radius 3 is 1.92 bits per heavy atom. The van der Waals surface area contributed by atoms with Gasteiger partial charge in [-0.1, -0.05) is 60.7 Å². The van der Waals surface area contributed by atoms with Gasteiger partial charge in [0.25, 0.3) is 0 Å². The van der Waals surface area contributed by atoms with Crippen molar-refractivity contribution in [2.45, 2.75) is 45.9 Å². The highest BCUT2D eigenvalue weighted by Gasteiger charge is 2.39. The molecule has 0 fully saturated rings. The number of rotatable bonds is 7. The number of nitriles is 2. The van der Waals surface area contributed by atoms with E-state index < -0.39 is 11.0 Å². The van der Waals surface area contributed by atoms with Crippen LogP contribution in [0.3, 0.4) is 0 Å². The van der Waals surface area contributed by atoms with E-state index in [0.717, 1.165) is 11.1 Å². The number of hydrogen-bond acceptors (Lipinski definition) is 4. The number of nitrogens with zero attached hydrogens (tertiary/aromatic N) is 3. The van der Waals surface area contributed by atoms with Crippen LogP contribution in [0.15, 0.2) is 60.7 Å². The summed E-state index contributed by atoms with van der Waals surface area (Å²) in [6.45, 7) is 7.71. The highest BCUT2D eigenvalue weighted by atomic mass is 16.7. The van der Waals surface area contributed by atoms with Crippen LogP contribution in [0.4, 0.5) is 0 Å². The Balaban J connectivity index is 2.50. The Hall–Kier alpha value is -2.66. The molecule has 0 aromatic heterocycles. The van der Waals surface area contributed by atoms with Crippen LogP contribution in [0.25, 0.3) is 0 Å². The van der Waals surface area contributed by atoms with Gasteiger partial charge in [0.05, 0.1) is 23.6 Å². The molecule has 0 radical (unpaired) electrons. The molecule has 134 valence electrons. The third-order valence-electron chi connectivity index (χ3n) is 4.17. The average molecular weight is 347 g/mol. The van der Waals surface area contributed by atoms with Crippen LogP contribution in [0, 0.1) is 28.1 Å². The molecule has 0 amide bonds. The SMILES string of the molecule is CC(C)(C#N)ON(Cc1ccccc1)C(c1ccccc1)C(C)(C)C#N. The Bertz CT molecular complexity index is 786. The molecule has 0 N–H and O–H groups in total.